The molecule has 0 saturated heterocycles. The summed E-state index contributed by atoms with van der Waals surface area (Å²) in [6, 6.07) is 9.86. The van der Waals surface area contributed by atoms with Gasteiger partial charge in [0.25, 0.3) is 5.91 Å². The van der Waals surface area contributed by atoms with E-state index in [0.29, 0.717) is 32.6 Å². The number of nitrogens with zero attached hydrogens (tertiary/aromatic N) is 2. The zero-order valence-corrected chi connectivity index (χ0v) is 15.5. The van der Waals surface area contributed by atoms with Crippen molar-refractivity contribution in [1.82, 2.24) is 0 Å². The van der Waals surface area contributed by atoms with Gasteiger partial charge in [0.05, 0.1) is 27.0 Å². The molecule has 3 rings (SSSR count). The number of anilines is 1. The van der Waals surface area contributed by atoms with Crippen molar-refractivity contribution in [1.29, 1.82) is 0 Å². The summed E-state index contributed by atoms with van der Waals surface area (Å²) in [5.74, 6) is -0.218. The van der Waals surface area contributed by atoms with Gasteiger partial charge in [0.2, 0.25) is 0 Å². The lowest BCUT2D eigenvalue weighted by Gasteiger charge is -2.12. The summed E-state index contributed by atoms with van der Waals surface area (Å²) in [5, 5.41) is 16.2. The maximum absolute atomic E-state index is 12.7. The van der Waals surface area contributed by atoms with Crippen LogP contribution >= 0.6 is 39.1 Å². The van der Waals surface area contributed by atoms with E-state index >= 15 is 0 Å². The fraction of sp³-hybridized carbons (Fsp3) is 0.0588. The molecule has 1 aliphatic heterocycles. The Bertz CT molecular complexity index is 909. The van der Waals surface area contributed by atoms with Crippen LogP contribution in [0.4, 0.5) is 5.69 Å². The van der Waals surface area contributed by atoms with Crippen LogP contribution in [0.15, 0.2) is 51.5 Å². The number of hydrogen-bond acceptors (Lipinski definition) is 3. The van der Waals surface area contributed by atoms with Crippen LogP contribution in [-0.2, 0) is 4.79 Å². The second kappa shape index (κ2) is 6.59. The minimum Gasteiger partial charge on any atom is -0.507 e. The number of amides is 1. The molecule has 0 unspecified atom stereocenters. The van der Waals surface area contributed by atoms with E-state index in [0.717, 1.165) is 4.47 Å². The van der Waals surface area contributed by atoms with Crippen molar-refractivity contribution in [3.05, 3.63) is 62.1 Å². The number of phenols is 1. The van der Waals surface area contributed by atoms with Crippen molar-refractivity contribution in [2.45, 2.75) is 6.92 Å². The average Bonchev–Trinajstić information content (AvgIpc) is 2.81. The number of benzene rings is 2. The first-order valence-corrected chi connectivity index (χ1v) is 8.47. The van der Waals surface area contributed by atoms with E-state index in [1.165, 1.54) is 5.01 Å². The standard InChI is InChI=1S/C17H11BrCl2N2O2/c1-9-13(7-10-6-11(18)2-5-16(10)23)17(24)22(21-9)12-3-4-14(19)15(20)8-12/h2-8,23H,1H3. The molecule has 2 aromatic rings. The van der Waals surface area contributed by atoms with Gasteiger partial charge in [-0.25, -0.2) is 0 Å². The third-order valence-corrected chi connectivity index (χ3v) is 4.73. The van der Waals surface area contributed by atoms with E-state index in [1.807, 2.05) is 0 Å². The van der Waals surface area contributed by atoms with E-state index in [4.69, 9.17) is 23.2 Å². The second-order valence-electron chi connectivity index (χ2n) is 5.16. The van der Waals surface area contributed by atoms with Gasteiger partial charge in [0, 0.05) is 10.0 Å². The number of rotatable bonds is 2. The van der Waals surface area contributed by atoms with Crippen molar-refractivity contribution in [3.8, 4) is 5.75 Å². The van der Waals surface area contributed by atoms with Crippen LogP contribution in [0.25, 0.3) is 6.08 Å². The fourth-order valence-corrected chi connectivity index (χ4v) is 2.94. The largest absolute Gasteiger partial charge is 0.507 e. The molecule has 1 heterocycles. The van der Waals surface area contributed by atoms with Gasteiger partial charge in [-0.1, -0.05) is 39.1 Å². The molecule has 1 amide bonds. The smallest absolute Gasteiger partial charge is 0.280 e. The first kappa shape index (κ1) is 17.0. The maximum atomic E-state index is 12.7. The van der Waals surface area contributed by atoms with Crippen LogP contribution < -0.4 is 5.01 Å². The lowest BCUT2D eigenvalue weighted by molar-refractivity contribution is -0.114. The van der Waals surface area contributed by atoms with Crippen LogP contribution in [0.3, 0.4) is 0 Å². The van der Waals surface area contributed by atoms with E-state index < -0.39 is 0 Å². The van der Waals surface area contributed by atoms with Gasteiger partial charge in [0.1, 0.15) is 5.75 Å². The Hall–Kier alpha value is -1.82. The lowest BCUT2D eigenvalue weighted by atomic mass is 10.1. The molecule has 122 valence electrons. The molecule has 4 nitrogen and oxygen atoms in total. The number of carbonyl (C=O) groups is 1. The van der Waals surface area contributed by atoms with Gasteiger partial charge in [-0.2, -0.15) is 10.1 Å². The minimum atomic E-state index is -0.301. The Morgan fingerprint density at radius 1 is 1.17 bits per heavy atom. The van der Waals surface area contributed by atoms with E-state index in [1.54, 1.807) is 49.4 Å². The van der Waals surface area contributed by atoms with Gasteiger partial charge in [-0.15, -0.1) is 0 Å². The van der Waals surface area contributed by atoms with Crippen molar-refractivity contribution >= 4 is 62.5 Å². The predicted molar refractivity (Wildman–Crippen MR) is 101 cm³/mol. The molecule has 1 aliphatic rings. The molecule has 0 aromatic heterocycles. The first-order valence-electron chi connectivity index (χ1n) is 6.92. The Morgan fingerprint density at radius 3 is 2.62 bits per heavy atom. The maximum Gasteiger partial charge on any atom is 0.280 e. The third kappa shape index (κ3) is 3.20. The number of halogens is 3. The SMILES string of the molecule is CC1=NN(c2ccc(Cl)c(Cl)c2)C(=O)C1=Cc1cc(Br)ccc1O. The molecule has 7 heteroatoms. The molecule has 1 N–H and O–H groups in total. The normalized spacial score (nSPS) is 16.0. The van der Waals surface area contributed by atoms with Crippen LogP contribution in [0, 0.1) is 0 Å². The van der Waals surface area contributed by atoms with Gasteiger partial charge in [-0.05, 0) is 49.4 Å². The van der Waals surface area contributed by atoms with E-state index in [-0.39, 0.29) is 11.7 Å². The number of hydrogen-bond donors (Lipinski definition) is 1. The summed E-state index contributed by atoms with van der Waals surface area (Å²) in [5.41, 5.74) is 1.99. The number of hydrazone groups is 1. The highest BCUT2D eigenvalue weighted by Gasteiger charge is 2.29. The zero-order chi connectivity index (χ0) is 17.4. The predicted octanol–water partition coefficient (Wildman–Crippen LogP) is 5.27. The quantitative estimate of drug-likeness (QED) is 0.666. The number of phenolic OH excluding ortho intramolecular Hbond substituents is 1. The van der Waals surface area contributed by atoms with Crippen LogP contribution in [0.1, 0.15) is 12.5 Å². The van der Waals surface area contributed by atoms with Crippen LogP contribution in [0.5, 0.6) is 5.75 Å². The second-order valence-corrected chi connectivity index (χ2v) is 6.89. The molecule has 0 aliphatic carbocycles. The van der Waals surface area contributed by atoms with Crippen LogP contribution in [-0.4, -0.2) is 16.7 Å². The summed E-state index contributed by atoms with van der Waals surface area (Å²) in [7, 11) is 0. The van der Waals surface area contributed by atoms with Crippen LogP contribution in [0.2, 0.25) is 10.0 Å². The summed E-state index contributed by atoms with van der Waals surface area (Å²) >= 11 is 15.3. The van der Waals surface area contributed by atoms with Crippen molar-refractivity contribution in [2.24, 2.45) is 5.10 Å². The highest BCUT2D eigenvalue weighted by molar-refractivity contribution is 9.10. The van der Waals surface area contributed by atoms with Gasteiger partial charge < -0.3 is 5.11 Å². The van der Waals surface area contributed by atoms with E-state index in [2.05, 4.69) is 21.0 Å². The molecule has 0 saturated carbocycles. The molecular formula is C17H11BrCl2N2O2. The van der Waals surface area contributed by atoms with E-state index in [9.17, 15) is 9.90 Å². The molecule has 0 radical (unpaired) electrons. The fourth-order valence-electron chi connectivity index (χ4n) is 2.27. The summed E-state index contributed by atoms with van der Waals surface area (Å²) in [6.45, 7) is 1.73. The number of aromatic hydroxyl groups is 1. The Kier molecular flexibility index (Phi) is 4.67. The Labute approximate surface area is 157 Å². The molecule has 24 heavy (non-hydrogen) atoms. The molecular weight excluding hydrogens is 415 g/mol. The van der Waals surface area contributed by atoms with Crippen molar-refractivity contribution < 1.29 is 9.90 Å². The first-order chi connectivity index (χ1) is 11.4. The summed E-state index contributed by atoms with van der Waals surface area (Å²) in [6.07, 6.45) is 1.61. The minimum absolute atomic E-state index is 0.0827. The third-order valence-electron chi connectivity index (χ3n) is 3.50. The van der Waals surface area contributed by atoms with Gasteiger partial charge in [0.15, 0.2) is 0 Å². The molecule has 0 bridgehead atoms. The summed E-state index contributed by atoms with van der Waals surface area (Å²) < 4.78 is 0.800. The number of carbonyl (C=O) groups excluding carboxylic acids is 1. The highest BCUT2D eigenvalue weighted by Crippen LogP contribution is 2.32. The Balaban J connectivity index is 2.00. The van der Waals surface area contributed by atoms with Gasteiger partial charge in [-0.3, -0.25) is 4.79 Å². The lowest BCUT2D eigenvalue weighted by Crippen LogP contribution is -2.21. The molecule has 0 atom stereocenters. The topological polar surface area (TPSA) is 52.9 Å². The van der Waals surface area contributed by atoms with Crippen molar-refractivity contribution in [2.75, 3.05) is 5.01 Å². The molecule has 2 aromatic carbocycles. The highest BCUT2D eigenvalue weighted by atomic mass is 79.9. The zero-order valence-electron chi connectivity index (χ0n) is 12.4. The average molecular weight is 426 g/mol. The molecule has 0 spiro atoms. The molecule has 0 fully saturated rings. The summed E-state index contributed by atoms with van der Waals surface area (Å²) in [4.78, 5) is 12.7. The monoisotopic (exact) mass is 424 g/mol. The van der Waals surface area contributed by atoms with Gasteiger partial charge >= 0.3 is 0 Å². The van der Waals surface area contributed by atoms with Crippen molar-refractivity contribution in [3.63, 3.8) is 0 Å². The Morgan fingerprint density at radius 2 is 1.92 bits per heavy atom.